The second kappa shape index (κ2) is 8.52. The summed E-state index contributed by atoms with van der Waals surface area (Å²) in [5.74, 6) is -0.962. The van der Waals surface area contributed by atoms with Crippen LogP contribution >= 0.6 is 0 Å². The van der Waals surface area contributed by atoms with Crippen LogP contribution in [-0.4, -0.2) is 37.7 Å². The largest absolute Gasteiger partial charge is 0.411 e. The lowest BCUT2D eigenvalue weighted by Gasteiger charge is -2.12. The highest BCUT2D eigenvalue weighted by atomic mass is 19.4. The molecule has 0 bridgehead atoms. The molecule has 0 saturated heterocycles. The Bertz CT molecular complexity index is 539. The molecule has 0 saturated carbocycles. The fourth-order valence-corrected chi connectivity index (χ4v) is 1.82. The van der Waals surface area contributed by atoms with Gasteiger partial charge in [-0.1, -0.05) is 18.2 Å². The Morgan fingerprint density at radius 2 is 1.74 bits per heavy atom. The van der Waals surface area contributed by atoms with Gasteiger partial charge in [0.15, 0.2) is 0 Å². The maximum absolute atomic E-state index is 11.8. The van der Waals surface area contributed by atoms with Gasteiger partial charge in [0, 0.05) is 12.1 Å². The maximum atomic E-state index is 11.8. The number of aryl methyl sites for hydroxylation is 2. The summed E-state index contributed by atoms with van der Waals surface area (Å²) in [4.78, 5) is 23.2. The zero-order valence-electron chi connectivity index (χ0n) is 12.9. The van der Waals surface area contributed by atoms with E-state index in [2.05, 4.69) is 15.4 Å². The number of amides is 2. The minimum absolute atomic E-state index is 0.243. The molecule has 0 heterocycles. The minimum Gasteiger partial charge on any atom is -0.372 e. The average Bonchev–Trinajstić information content (AvgIpc) is 2.44. The molecule has 0 aliphatic carbocycles. The van der Waals surface area contributed by atoms with Gasteiger partial charge in [-0.05, 0) is 25.0 Å². The van der Waals surface area contributed by atoms with Gasteiger partial charge < -0.3 is 15.4 Å². The summed E-state index contributed by atoms with van der Waals surface area (Å²) in [6, 6.07) is 5.56. The van der Waals surface area contributed by atoms with Crippen molar-refractivity contribution in [3.63, 3.8) is 0 Å². The number of benzene rings is 1. The van der Waals surface area contributed by atoms with Crippen LogP contribution in [0.1, 0.15) is 17.5 Å². The molecular formula is C15H19F3N2O3. The van der Waals surface area contributed by atoms with Gasteiger partial charge in [0.1, 0.15) is 6.61 Å². The van der Waals surface area contributed by atoms with E-state index in [-0.39, 0.29) is 19.6 Å². The van der Waals surface area contributed by atoms with Gasteiger partial charge in [0.05, 0.1) is 13.2 Å². The molecule has 0 fully saturated rings. The quantitative estimate of drug-likeness (QED) is 0.753. The summed E-state index contributed by atoms with van der Waals surface area (Å²) in [6.45, 7) is 1.68. The maximum Gasteiger partial charge on any atom is 0.411 e. The average molecular weight is 332 g/mol. The molecule has 128 valence electrons. The molecule has 8 heteroatoms. The molecule has 1 rings (SSSR count). The standard InChI is InChI=1S/C15H19F3N2O3/c1-10-4-3-5-11(2)14(10)20-13(22)8-19-12(21)6-7-23-9-15(16,17)18/h3-5H,6-9H2,1-2H3,(H,19,21)(H,20,22). The smallest absolute Gasteiger partial charge is 0.372 e. The number of nitrogens with one attached hydrogen (secondary N) is 2. The van der Waals surface area contributed by atoms with Crippen molar-refractivity contribution in [1.29, 1.82) is 0 Å². The number of hydrogen-bond donors (Lipinski definition) is 2. The van der Waals surface area contributed by atoms with Crippen molar-refractivity contribution < 1.29 is 27.5 Å². The lowest BCUT2D eigenvalue weighted by Crippen LogP contribution is -2.33. The zero-order valence-corrected chi connectivity index (χ0v) is 12.9. The molecule has 0 aromatic heterocycles. The summed E-state index contributed by atoms with van der Waals surface area (Å²) in [5, 5.41) is 5.01. The first-order valence-electron chi connectivity index (χ1n) is 6.96. The summed E-state index contributed by atoms with van der Waals surface area (Å²) < 4.78 is 39.8. The van der Waals surface area contributed by atoms with Gasteiger partial charge in [0.2, 0.25) is 11.8 Å². The molecule has 5 nitrogen and oxygen atoms in total. The normalized spacial score (nSPS) is 11.2. The Morgan fingerprint density at radius 1 is 1.13 bits per heavy atom. The SMILES string of the molecule is Cc1cccc(C)c1NC(=O)CNC(=O)CCOCC(F)(F)F. The third-order valence-corrected chi connectivity index (χ3v) is 2.93. The first kappa shape index (κ1) is 19.0. The third kappa shape index (κ3) is 7.64. The van der Waals surface area contributed by atoms with E-state index in [1.54, 1.807) is 0 Å². The molecule has 2 N–H and O–H groups in total. The van der Waals surface area contributed by atoms with Crippen LogP contribution in [0.2, 0.25) is 0 Å². The van der Waals surface area contributed by atoms with E-state index in [4.69, 9.17) is 0 Å². The molecule has 0 spiro atoms. The molecule has 0 atom stereocenters. The highest BCUT2D eigenvalue weighted by Crippen LogP contribution is 2.19. The lowest BCUT2D eigenvalue weighted by atomic mass is 10.1. The van der Waals surface area contributed by atoms with Crippen molar-refractivity contribution in [2.75, 3.05) is 25.1 Å². The number of para-hydroxylation sites is 1. The topological polar surface area (TPSA) is 67.4 Å². The Hall–Kier alpha value is -2.09. The van der Waals surface area contributed by atoms with Crippen LogP contribution in [0.25, 0.3) is 0 Å². The Balaban J connectivity index is 2.29. The van der Waals surface area contributed by atoms with Gasteiger partial charge in [0.25, 0.3) is 0 Å². The van der Waals surface area contributed by atoms with Crippen LogP contribution in [0.5, 0.6) is 0 Å². The second-order valence-corrected chi connectivity index (χ2v) is 5.01. The van der Waals surface area contributed by atoms with Gasteiger partial charge in [-0.25, -0.2) is 0 Å². The lowest BCUT2D eigenvalue weighted by molar-refractivity contribution is -0.174. The summed E-state index contributed by atoms with van der Waals surface area (Å²) in [7, 11) is 0. The van der Waals surface area contributed by atoms with Crippen molar-refractivity contribution >= 4 is 17.5 Å². The number of rotatable bonds is 7. The van der Waals surface area contributed by atoms with Crippen LogP contribution in [0.15, 0.2) is 18.2 Å². The van der Waals surface area contributed by atoms with E-state index in [9.17, 15) is 22.8 Å². The molecule has 1 aromatic rings. The number of anilines is 1. The van der Waals surface area contributed by atoms with Crippen molar-refractivity contribution in [3.05, 3.63) is 29.3 Å². The Morgan fingerprint density at radius 3 is 2.30 bits per heavy atom. The van der Waals surface area contributed by atoms with E-state index < -0.39 is 24.6 Å². The number of hydrogen-bond acceptors (Lipinski definition) is 3. The second-order valence-electron chi connectivity index (χ2n) is 5.01. The molecule has 0 aliphatic rings. The van der Waals surface area contributed by atoms with Gasteiger partial charge in [-0.3, -0.25) is 9.59 Å². The minimum atomic E-state index is -4.41. The summed E-state index contributed by atoms with van der Waals surface area (Å²) >= 11 is 0. The fraction of sp³-hybridized carbons (Fsp3) is 0.467. The third-order valence-electron chi connectivity index (χ3n) is 2.93. The molecular weight excluding hydrogens is 313 g/mol. The molecule has 0 radical (unpaired) electrons. The highest BCUT2D eigenvalue weighted by Gasteiger charge is 2.27. The number of halogens is 3. The Kier molecular flexibility index (Phi) is 7.02. The van der Waals surface area contributed by atoms with E-state index in [1.165, 1.54) is 0 Å². The molecule has 2 amide bonds. The Labute approximate surface area is 132 Å². The number of alkyl halides is 3. The van der Waals surface area contributed by atoms with E-state index in [1.807, 2.05) is 32.0 Å². The van der Waals surface area contributed by atoms with Gasteiger partial charge in [-0.2, -0.15) is 13.2 Å². The zero-order chi connectivity index (χ0) is 17.5. The van der Waals surface area contributed by atoms with E-state index >= 15 is 0 Å². The summed E-state index contributed by atoms with van der Waals surface area (Å²) in [6.07, 6.45) is -4.66. The molecule has 23 heavy (non-hydrogen) atoms. The predicted octanol–water partition coefficient (Wildman–Crippen LogP) is 2.33. The highest BCUT2D eigenvalue weighted by molar-refractivity contribution is 5.95. The number of ether oxygens (including phenoxy) is 1. The van der Waals surface area contributed by atoms with Crippen LogP contribution in [0.3, 0.4) is 0 Å². The molecule has 0 unspecified atom stereocenters. The van der Waals surface area contributed by atoms with E-state index in [0.29, 0.717) is 5.69 Å². The van der Waals surface area contributed by atoms with Crippen molar-refractivity contribution in [2.45, 2.75) is 26.4 Å². The van der Waals surface area contributed by atoms with Crippen LogP contribution in [0.4, 0.5) is 18.9 Å². The summed E-state index contributed by atoms with van der Waals surface area (Å²) in [5.41, 5.74) is 2.47. The fourth-order valence-electron chi connectivity index (χ4n) is 1.82. The van der Waals surface area contributed by atoms with Gasteiger partial charge in [-0.15, -0.1) is 0 Å². The molecule has 0 aliphatic heterocycles. The number of carbonyl (C=O) groups excluding carboxylic acids is 2. The van der Waals surface area contributed by atoms with Crippen LogP contribution < -0.4 is 10.6 Å². The van der Waals surface area contributed by atoms with E-state index in [0.717, 1.165) is 11.1 Å². The first-order valence-corrected chi connectivity index (χ1v) is 6.96. The molecule has 1 aromatic carbocycles. The first-order chi connectivity index (χ1) is 10.7. The monoisotopic (exact) mass is 332 g/mol. The van der Waals surface area contributed by atoms with Crippen LogP contribution in [0, 0.1) is 13.8 Å². The predicted molar refractivity (Wildman–Crippen MR) is 79.0 cm³/mol. The van der Waals surface area contributed by atoms with Crippen molar-refractivity contribution in [2.24, 2.45) is 0 Å². The van der Waals surface area contributed by atoms with Crippen molar-refractivity contribution in [3.8, 4) is 0 Å². The number of carbonyl (C=O) groups is 2. The van der Waals surface area contributed by atoms with Crippen molar-refractivity contribution in [1.82, 2.24) is 5.32 Å². The van der Waals surface area contributed by atoms with Crippen LogP contribution in [-0.2, 0) is 14.3 Å². The van der Waals surface area contributed by atoms with Gasteiger partial charge >= 0.3 is 6.18 Å².